The monoisotopic (exact) mass is 285 g/mol. The van der Waals surface area contributed by atoms with Crippen LogP contribution in [0, 0.1) is 5.41 Å². The molecule has 0 unspecified atom stereocenters. The van der Waals surface area contributed by atoms with Crippen molar-refractivity contribution >= 4 is 17.8 Å². The highest BCUT2D eigenvalue weighted by molar-refractivity contribution is 5.94. The molecule has 0 heterocycles. The second-order valence-electron chi connectivity index (χ2n) is 4.97. The van der Waals surface area contributed by atoms with E-state index in [-0.39, 0.29) is 25.5 Å². The highest BCUT2D eigenvalue weighted by Gasteiger charge is 2.42. The van der Waals surface area contributed by atoms with Gasteiger partial charge in [-0.3, -0.25) is 14.4 Å². The minimum absolute atomic E-state index is 0.226. The third-order valence-electron chi connectivity index (χ3n) is 3.50. The molecular weight excluding hydrogens is 262 g/mol. The van der Waals surface area contributed by atoms with Crippen molar-refractivity contribution < 1.29 is 23.9 Å². The SMILES string of the molecule is CCOC(=O)CC(=O)NCC1(C(=O)OCC)CCCC1. The lowest BCUT2D eigenvalue weighted by molar-refractivity contribution is -0.155. The van der Waals surface area contributed by atoms with Crippen molar-refractivity contribution in [2.75, 3.05) is 19.8 Å². The van der Waals surface area contributed by atoms with Crippen LogP contribution in [0.3, 0.4) is 0 Å². The van der Waals surface area contributed by atoms with Crippen LogP contribution < -0.4 is 5.32 Å². The molecule has 0 aromatic rings. The van der Waals surface area contributed by atoms with Gasteiger partial charge in [0.2, 0.25) is 5.91 Å². The van der Waals surface area contributed by atoms with E-state index >= 15 is 0 Å². The maximum absolute atomic E-state index is 12.0. The summed E-state index contributed by atoms with van der Waals surface area (Å²) in [5, 5.41) is 2.65. The molecule has 0 saturated heterocycles. The van der Waals surface area contributed by atoms with Crippen LogP contribution in [0.5, 0.6) is 0 Å². The van der Waals surface area contributed by atoms with E-state index in [0.29, 0.717) is 19.4 Å². The predicted molar refractivity (Wildman–Crippen MR) is 71.8 cm³/mol. The van der Waals surface area contributed by atoms with Crippen LogP contribution >= 0.6 is 0 Å². The van der Waals surface area contributed by atoms with Crippen LogP contribution in [0.25, 0.3) is 0 Å². The van der Waals surface area contributed by atoms with Crippen molar-refractivity contribution in [3.05, 3.63) is 0 Å². The highest BCUT2D eigenvalue weighted by atomic mass is 16.5. The van der Waals surface area contributed by atoms with Crippen LogP contribution in [0.1, 0.15) is 46.0 Å². The number of carbonyl (C=O) groups excluding carboxylic acids is 3. The van der Waals surface area contributed by atoms with E-state index in [4.69, 9.17) is 9.47 Å². The summed E-state index contributed by atoms with van der Waals surface area (Å²) in [6.45, 7) is 4.25. The molecule has 0 bridgehead atoms. The van der Waals surface area contributed by atoms with Crippen LogP contribution in [0.4, 0.5) is 0 Å². The summed E-state index contributed by atoms with van der Waals surface area (Å²) in [6.07, 6.45) is 3.02. The Morgan fingerprint density at radius 2 is 1.65 bits per heavy atom. The first-order valence-corrected chi connectivity index (χ1v) is 7.13. The number of hydrogen-bond donors (Lipinski definition) is 1. The lowest BCUT2D eigenvalue weighted by Gasteiger charge is -2.26. The maximum Gasteiger partial charge on any atom is 0.315 e. The van der Waals surface area contributed by atoms with Crippen molar-refractivity contribution in [1.82, 2.24) is 5.32 Å². The lowest BCUT2D eigenvalue weighted by Crippen LogP contribution is -2.42. The molecule has 0 spiro atoms. The Morgan fingerprint density at radius 3 is 2.20 bits per heavy atom. The van der Waals surface area contributed by atoms with E-state index in [1.807, 2.05) is 0 Å². The van der Waals surface area contributed by atoms with E-state index in [0.717, 1.165) is 12.8 Å². The van der Waals surface area contributed by atoms with Crippen LogP contribution in [-0.2, 0) is 23.9 Å². The molecule has 1 aliphatic carbocycles. The number of nitrogens with one attached hydrogen (secondary N) is 1. The summed E-state index contributed by atoms with van der Waals surface area (Å²) in [4.78, 5) is 34.9. The Balaban J connectivity index is 2.49. The topological polar surface area (TPSA) is 81.7 Å². The number of ether oxygens (including phenoxy) is 2. The second kappa shape index (κ2) is 7.87. The van der Waals surface area contributed by atoms with Gasteiger partial charge in [0.15, 0.2) is 0 Å². The van der Waals surface area contributed by atoms with Gasteiger partial charge in [-0.1, -0.05) is 12.8 Å². The Labute approximate surface area is 119 Å². The number of hydrogen-bond acceptors (Lipinski definition) is 5. The quantitative estimate of drug-likeness (QED) is 0.561. The van der Waals surface area contributed by atoms with E-state index < -0.39 is 17.3 Å². The number of esters is 2. The first-order valence-electron chi connectivity index (χ1n) is 7.13. The zero-order valence-corrected chi connectivity index (χ0v) is 12.2. The summed E-state index contributed by atoms with van der Waals surface area (Å²) in [6, 6.07) is 0. The van der Waals surface area contributed by atoms with E-state index in [1.165, 1.54) is 0 Å². The minimum atomic E-state index is -0.625. The molecule has 1 N–H and O–H groups in total. The first-order chi connectivity index (χ1) is 9.54. The minimum Gasteiger partial charge on any atom is -0.466 e. The van der Waals surface area contributed by atoms with Gasteiger partial charge in [-0.25, -0.2) is 0 Å². The molecular formula is C14H23NO5. The average molecular weight is 285 g/mol. The zero-order chi connectivity index (χ0) is 15.0. The molecule has 1 rings (SSSR count). The van der Waals surface area contributed by atoms with Crippen molar-refractivity contribution in [3.8, 4) is 0 Å². The average Bonchev–Trinajstić information content (AvgIpc) is 2.87. The fraction of sp³-hybridized carbons (Fsp3) is 0.786. The second-order valence-corrected chi connectivity index (χ2v) is 4.97. The summed E-state index contributed by atoms with van der Waals surface area (Å²) in [5.74, 6) is -1.23. The molecule has 0 aromatic carbocycles. The Bertz CT molecular complexity index is 361. The maximum atomic E-state index is 12.0. The Kier molecular flexibility index (Phi) is 6.48. The molecule has 0 atom stereocenters. The molecule has 6 nitrogen and oxygen atoms in total. The molecule has 6 heteroatoms. The molecule has 0 aliphatic heterocycles. The summed E-state index contributed by atoms with van der Waals surface area (Å²) < 4.78 is 9.80. The fourth-order valence-corrected chi connectivity index (χ4v) is 2.46. The van der Waals surface area contributed by atoms with Gasteiger partial charge in [-0.15, -0.1) is 0 Å². The van der Waals surface area contributed by atoms with Gasteiger partial charge in [-0.05, 0) is 26.7 Å². The molecule has 0 radical (unpaired) electrons. The molecule has 1 aliphatic rings. The van der Waals surface area contributed by atoms with Crippen molar-refractivity contribution in [1.29, 1.82) is 0 Å². The van der Waals surface area contributed by atoms with Crippen LogP contribution in [0.15, 0.2) is 0 Å². The van der Waals surface area contributed by atoms with Crippen molar-refractivity contribution in [2.24, 2.45) is 5.41 Å². The molecule has 1 fully saturated rings. The first kappa shape index (κ1) is 16.5. The van der Waals surface area contributed by atoms with Crippen molar-refractivity contribution in [2.45, 2.75) is 46.0 Å². The normalized spacial score (nSPS) is 16.5. The largest absolute Gasteiger partial charge is 0.466 e. The van der Waals surface area contributed by atoms with Crippen LogP contribution in [0.2, 0.25) is 0 Å². The molecule has 114 valence electrons. The third kappa shape index (κ3) is 4.51. The van der Waals surface area contributed by atoms with E-state index in [9.17, 15) is 14.4 Å². The molecule has 1 saturated carbocycles. The van der Waals surface area contributed by atoms with Gasteiger partial charge in [0.1, 0.15) is 6.42 Å². The van der Waals surface area contributed by atoms with Gasteiger partial charge in [-0.2, -0.15) is 0 Å². The van der Waals surface area contributed by atoms with Gasteiger partial charge < -0.3 is 14.8 Å². The molecule has 1 amide bonds. The van der Waals surface area contributed by atoms with Crippen molar-refractivity contribution in [3.63, 3.8) is 0 Å². The smallest absolute Gasteiger partial charge is 0.315 e. The van der Waals surface area contributed by atoms with Gasteiger partial charge >= 0.3 is 11.9 Å². The van der Waals surface area contributed by atoms with E-state index in [2.05, 4.69) is 5.32 Å². The summed E-state index contributed by atoms with van der Waals surface area (Å²) in [5.41, 5.74) is -0.625. The van der Waals surface area contributed by atoms with Gasteiger partial charge in [0.25, 0.3) is 0 Å². The zero-order valence-electron chi connectivity index (χ0n) is 12.2. The predicted octanol–water partition coefficient (Wildman–Crippen LogP) is 1.18. The fourth-order valence-electron chi connectivity index (χ4n) is 2.46. The Hall–Kier alpha value is -1.59. The number of carbonyl (C=O) groups is 3. The van der Waals surface area contributed by atoms with Crippen LogP contribution in [-0.4, -0.2) is 37.6 Å². The number of rotatable bonds is 7. The molecule has 20 heavy (non-hydrogen) atoms. The third-order valence-corrected chi connectivity index (χ3v) is 3.50. The number of amides is 1. The Morgan fingerprint density at radius 1 is 1.05 bits per heavy atom. The standard InChI is InChI=1S/C14H23NO5/c1-3-19-12(17)9-11(16)15-10-14(7-5-6-8-14)13(18)20-4-2/h3-10H2,1-2H3,(H,15,16). The summed E-state index contributed by atoms with van der Waals surface area (Å²) >= 11 is 0. The van der Waals surface area contributed by atoms with Gasteiger partial charge in [0, 0.05) is 6.54 Å². The van der Waals surface area contributed by atoms with Gasteiger partial charge in [0.05, 0.1) is 18.6 Å². The lowest BCUT2D eigenvalue weighted by atomic mass is 9.86. The van der Waals surface area contributed by atoms with E-state index in [1.54, 1.807) is 13.8 Å². The molecule has 0 aromatic heterocycles. The summed E-state index contributed by atoms with van der Waals surface area (Å²) in [7, 11) is 0. The highest BCUT2D eigenvalue weighted by Crippen LogP contribution is 2.38.